The maximum absolute atomic E-state index is 12.0. The average molecular weight is 245 g/mol. The van der Waals surface area contributed by atoms with Crippen molar-refractivity contribution in [3.63, 3.8) is 0 Å². The molecule has 1 rings (SSSR count). The summed E-state index contributed by atoms with van der Waals surface area (Å²) in [6.45, 7) is 5.66. The summed E-state index contributed by atoms with van der Waals surface area (Å²) in [7, 11) is -0.233. The molecule has 1 aromatic heterocycles. The van der Waals surface area contributed by atoms with Crippen LogP contribution in [0.3, 0.4) is 0 Å². The quantitative estimate of drug-likeness (QED) is 0.806. The van der Waals surface area contributed by atoms with Gasteiger partial charge in [0.25, 0.3) is 0 Å². The number of nitrogens with zero attached hydrogens (tertiary/aromatic N) is 3. The Morgan fingerprint density at radius 3 is 2.31 bits per heavy atom. The zero-order chi connectivity index (χ0) is 12.5. The van der Waals surface area contributed by atoms with E-state index < -0.39 is 15.3 Å². The Bertz CT molecular complexity index is 448. The summed E-state index contributed by atoms with van der Waals surface area (Å²) in [5.41, 5.74) is 0. The van der Waals surface area contributed by atoms with Crippen LogP contribution in [0, 0.1) is 0 Å². The molecule has 0 N–H and O–H groups in total. The van der Waals surface area contributed by atoms with Crippen LogP contribution >= 0.6 is 0 Å². The van der Waals surface area contributed by atoms with E-state index >= 15 is 0 Å². The first kappa shape index (κ1) is 13.2. The standard InChI is InChI=1S/C10H19N3O2S/c1-8(2)13-7-6-11-10(13)9(3)16(14,15)12(4)5/h6-9H,1-5H3/t9-/m1/s1. The van der Waals surface area contributed by atoms with Crippen LogP contribution in [0.15, 0.2) is 12.4 Å². The molecule has 5 nitrogen and oxygen atoms in total. The van der Waals surface area contributed by atoms with Gasteiger partial charge in [0.1, 0.15) is 11.1 Å². The molecule has 0 saturated carbocycles. The summed E-state index contributed by atoms with van der Waals surface area (Å²) in [4.78, 5) is 4.14. The van der Waals surface area contributed by atoms with Crippen molar-refractivity contribution >= 4 is 10.0 Å². The second-order valence-electron chi connectivity index (χ2n) is 4.26. The van der Waals surface area contributed by atoms with E-state index in [1.165, 1.54) is 18.4 Å². The number of rotatable bonds is 4. The van der Waals surface area contributed by atoms with Gasteiger partial charge in [-0.1, -0.05) is 0 Å². The number of hydrogen-bond donors (Lipinski definition) is 0. The fourth-order valence-electron chi connectivity index (χ4n) is 1.53. The second-order valence-corrected chi connectivity index (χ2v) is 6.72. The summed E-state index contributed by atoms with van der Waals surface area (Å²) in [6.07, 6.45) is 3.44. The summed E-state index contributed by atoms with van der Waals surface area (Å²) in [6, 6.07) is 0.206. The smallest absolute Gasteiger partial charge is 0.223 e. The molecule has 1 aromatic rings. The fourth-order valence-corrected chi connectivity index (χ4v) is 2.61. The molecule has 0 spiro atoms. The molecule has 0 radical (unpaired) electrons. The van der Waals surface area contributed by atoms with Gasteiger partial charge in [0.15, 0.2) is 0 Å². The van der Waals surface area contributed by atoms with Gasteiger partial charge in [0.05, 0.1) is 0 Å². The summed E-state index contributed by atoms with van der Waals surface area (Å²) in [5.74, 6) is 0.587. The molecule has 0 bridgehead atoms. The van der Waals surface area contributed by atoms with Crippen molar-refractivity contribution in [3.05, 3.63) is 18.2 Å². The maximum Gasteiger partial charge on any atom is 0.223 e. The van der Waals surface area contributed by atoms with Crippen LogP contribution < -0.4 is 0 Å². The van der Waals surface area contributed by atoms with E-state index in [2.05, 4.69) is 4.98 Å². The van der Waals surface area contributed by atoms with E-state index in [0.29, 0.717) is 5.82 Å². The number of aromatic nitrogens is 2. The molecular weight excluding hydrogens is 226 g/mol. The van der Waals surface area contributed by atoms with Gasteiger partial charge in [-0.3, -0.25) is 0 Å². The summed E-state index contributed by atoms with van der Waals surface area (Å²) < 4.78 is 27.1. The predicted octanol–water partition coefficient (Wildman–Crippen LogP) is 1.42. The van der Waals surface area contributed by atoms with Gasteiger partial charge in [0.2, 0.25) is 10.0 Å². The molecule has 0 saturated heterocycles. The Hall–Kier alpha value is -0.880. The number of hydrogen-bond acceptors (Lipinski definition) is 3. The van der Waals surface area contributed by atoms with Crippen molar-refractivity contribution in [2.24, 2.45) is 0 Å². The van der Waals surface area contributed by atoms with E-state index in [1.54, 1.807) is 13.1 Å². The van der Waals surface area contributed by atoms with Crippen LogP contribution in [0.25, 0.3) is 0 Å². The van der Waals surface area contributed by atoms with Crippen molar-refractivity contribution in [1.82, 2.24) is 13.9 Å². The molecular formula is C10H19N3O2S. The van der Waals surface area contributed by atoms with E-state index in [9.17, 15) is 8.42 Å². The average Bonchev–Trinajstić information content (AvgIpc) is 2.64. The highest BCUT2D eigenvalue weighted by atomic mass is 32.2. The van der Waals surface area contributed by atoms with Crippen LogP contribution in [0.1, 0.15) is 37.9 Å². The Labute approximate surface area is 97.1 Å². The monoisotopic (exact) mass is 245 g/mol. The van der Waals surface area contributed by atoms with Gasteiger partial charge < -0.3 is 4.57 Å². The van der Waals surface area contributed by atoms with Gasteiger partial charge >= 0.3 is 0 Å². The van der Waals surface area contributed by atoms with Gasteiger partial charge in [-0.25, -0.2) is 17.7 Å². The third-order valence-electron chi connectivity index (χ3n) is 2.57. The van der Waals surface area contributed by atoms with Gasteiger partial charge in [-0.2, -0.15) is 0 Å². The van der Waals surface area contributed by atoms with Crippen LogP contribution in [-0.2, 0) is 10.0 Å². The zero-order valence-corrected chi connectivity index (χ0v) is 11.2. The van der Waals surface area contributed by atoms with Crippen molar-refractivity contribution < 1.29 is 8.42 Å². The minimum absolute atomic E-state index is 0.206. The first-order chi connectivity index (χ1) is 7.28. The van der Waals surface area contributed by atoms with Crippen LogP contribution in [-0.4, -0.2) is 36.4 Å². The Kier molecular flexibility index (Phi) is 3.75. The predicted molar refractivity (Wildman–Crippen MR) is 63.6 cm³/mol. The number of imidazole rings is 1. The molecule has 0 aliphatic carbocycles. The molecule has 0 aliphatic rings. The molecule has 0 fully saturated rings. The minimum Gasteiger partial charge on any atom is -0.331 e. The molecule has 0 aliphatic heterocycles. The van der Waals surface area contributed by atoms with Crippen molar-refractivity contribution in [3.8, 4) is 0 Å². The van der Waals surface area contributed by atoms with Gasteiger partial charge in [0, 0.05) is 32.5 Å². The lowest BCUT2D eigenvalue weighted by molar-refractivity contribution is 0.497. The van der Waals surface area contributed by atoms with Crippen LogP contribution in [0.2, 0.25) is 0 Å². The molecule has 1 atom stereocenters. The molecule has 16 heavy (non-hydrogen) atoms. The molecule has 0 aromatic carbocycles. The lowest BCUT2D eigenvalue weighted by Crippen LogP contribution is -2.28. The largest absolute Gasteiger partial charge is 0.331 e. The topological polar surface area (TPSA) is 55.2 Å². The minimum atomic E-state index is -3.31. The first-order valence-electron chi connectivity index (χ1n) is 5.22. The van der Waals surface area contributed by atoms with E-state index in [0.717, 1.165) is 0 Å². The fraction of sp³-hybridized carbons (Fsp3) is 0.700. The summed E-state index contributed by atoms with van der Waals surface area (Å²) in [5, 5.41) is -0.625. The lowest BCUT2D eigenvalue weighted by atomic mass is 10.3. The Balaban J connectivity index is 3.15. The third-order valence-corrected chi connectivity index (χ3v) is 4.70. The SMILES string of the molecule is CC(C)n1ccnc1[C@@H](C)S(=O)(=O)N(C)C. The van der Waals surface area contributed by atoms with E-state index in [4.69, 9.17) is 0 Å². The third kappa shape index (κ3) is 2.27. The second kappa shape index (κ2) is 4.55. The lowest BCUT2D eigenvalue weighted by Gasteiger charge is -2.20. The molecule has 0 unspecified atom stereocenters. The molecule has 92 valence electrons. The first-order valence-corrected chi connectivity index (χ1v) is 6.73. The highest BCUT2D eigenvalue weighted by molar-refractivity contribution is 7.89. The Morgan fingerprint density at radius 2 is 1.88 bits per heavy atom. The molecule has 1 heterocycles. The van der Waals surface area contributed by atoms with E-state index in [-0.39, 0.29) is 6.04 Å². The van der Waals surface area contributed by atoms with Crippen LogP contribution in [0.4, 0.5) is 0 Å². The highest BCUT2D eigenvalue weighted by Crippen LogP contribution is 2.24. The van der Waals surface area contributed by atoms with E-state index in [1.807, 2.05) is 24.6 Å². The zero-order valence-electron chi connectivity index (χ0n) is 10.4. The molecule has 6 heteroatoms. The van der Waals surface area contributed by atoms with Crippen molar-refractivity contribution in [1.29, 1.82) is 0 Å². The number of sulfonamides is 1. The summed E-state index contributed by atoms with van der Waals surface area (Å²) >= 11 is 0. The molecule has 0 amide bonds. The van der Waals surface area contributed by atoms with Crippen LogP contribution in [0.5, 0.6) is 0 Å². The van der Waals surface area contributed by atoms with Gasteiger partial charge in [-0.05, 0) is 20.8 Å². The van der Waals surface area contributed by atoms with Crippen molar-refractivity contribution in [2.45, 2.75) is 32.1 Å². The van der Waals surface area contributed by atoms with Crippen molar-refractivity contribution in [2.75, 3.05) is 14.1 Å². The highest BCUT2D eigenvalue weighted by Gasteiger charge is 2.28. The Morgan fingerprint density at radius 1 is 1.31 bits per heavy atom. The normalized spacial score (nSPS) is 14.7. The maximum atomic E-state index is 12.0. The van der Waals surface area contributed by atoms with Gasteiger partial charge in [-0.15, -0.1) is 0 Å².